The third kappa shape index (κ3) is 3.47. The van der Waals surface area contributed by atoms with Crippen LogP contribution >= 0.6 is 0 Å². The van der Waals surface area contributed by atoms with Gasteiger partial charge in [-0.3, -0.25) is 9.69 Å². The van der Waals surface area contributed by atoms with Crippen molar-refractivity contribution in [2.45, 2.75) is 6.54 Å². The van der Waals surface area contributed by atoms with Crippen LogP contribution in [0.25, 0.3) is 0 Å². The number of benzene rings is 1. The van der Waals surface area contributed by atoms with Gasteiger partial charge in [-0.1, -0.05) is 6.07 Å². The van der Waals surface area contributed by atoms with Crippen LogP contribution < -0.4 is 0 Å². The molecule has 0 amide bonds. The molecule has 1 aromatic rings. The molecule has 3 N–H and O–H groups in total. The van der Waals surface area contributed by atoms with Crippen molar-refractivity contribution < 1.29 is 20.1 Å². The predicted molar refractivity (Wildman–Crippen MR) is 53.7 cm³/mol. The molecule has 0 aliphatic rings. The van der Waals surface area contributed by atoms with Gasteiger partial charge in [0.25, 0.3) is 0 Å². The second kappa shape index (κ2) is 4.65. The molecule has 0 unspecified atom stereocenters. The number of carbonyl (C=O) groups is 1. The Kier molecular flexibility index (Phi) is 3.51. The fourth-order valence-corrected chi connectivity index (χ4v) is 1.27. The van der Waals surface area contributed by atoms with Crippen LogP contribution in [0.2, 0.25) is 0 Å². The number of likely N-dealkylation sites (N-methyl/N-ethyl adjacent to an activating group) is 1. The number of hydrogen-bond acceptors (Lipinski definition) is 4. The van der Waals surface area contributed by atoms with Crippen LogP contribution in [0.5, 0.6) is 11.5 Å². The van der Waals surface area contributed by atoms with Crippen molar-refractivity contribution in [1.82, 2.24) is 4.90 Å². The van der Waals surface area contributed by atoms with Crippen molar-refractivity contribution >= 4 is 5.97 Å². The lowest BCUT2D eigenvalue weighted by Crippen LogP contribution is -2.24. The fourth-order valence-electron chi connectivity index (χ4n) is 1.27. The summed E-state index contributed by atoms with van der Waals surface area (Å²) in [6.45, 7) is 0.335. The van der Waals surface area contributed by atoms with Gasteiger partial charge in [-0.25, -0.2) is 0 Å². The molecule has 5 heteroatoms. The van der Waals surface area contributed by atoms with Gasteiger partial charge in [0.15, 0.2) is 11.5 Å². The first-order valence-corrected chi connectivity index (χ1v) is 4.40. The number of carboxylic acid groups (broad SMARTS) is 1. The first-order valence-electron chi connectivity index (χ1n) is 4.40. The summed E-state index contributed by atoms with van der Waals surface area (Å²) in [4.78, 5) is 12.0. The van der Waals surface area contributed by atoms with Crippen LogP contribution in [0.4, 0.5) is 0 Å². The third-order valence-corrected chi connectivity index (χ3v) is 1.90. The van der Waals surface area contributed by atoms with E-state index >= 15 is 0 Å². The average Bonchev–Trinajstić information content (AvgIpc) is 2.10. The highest BCUT2D eigenvalue weighted by Crippen LogP contribution is 2.25. The summed E-state index contributed by atoms with van der Waals surface area (Å²) in [7, 11) is 1.66. The minimum absolute atomic E-state index is 0.0678. The maximum atomic E-state index is 10.4. The molecule has 15 heavy (non-hydrogen) atoms. The maximum absolute atomic E-state index is 10.4. The number of rotatable bonds is 4. The number of nitrogens with zero attached hydrogens (tertiary/aromatic N) is 1. The molecule has 0 fully saturated rings. The van der Waals surface area contributed by atoms with Crippen molar-refractivity contribution in [2.24, 2.45) is 0 Å². The number of phenols is 2. The maximum Gasteiger partial charge on any atom is 0.317 e. The Bertz CT molecular complexity index is 364. The quantitative estimate of drug-likeness (QED) is 0.636. The van der Waals surface area contributed by atoms with Gasteiger partial charge in [0.2, 0.25) is 0 Å². The van der Waals surface area contributed by atoms with Crippen molar-refractivity contribution in [3.05, 3.63) is 23.8 Å². The van der Waals surface area contributed by atoms with Crippen LogP contribution in [0.3, 0.4) is 0 Å². The lowest BCUT2D eigenvalue weighted by atomic mass is 10.2. The van der Waals surface area contributed by atoms with E-state index in [9.17, 15) is 9.90 Å². The van der Waals surface area contributed by atoms with Crippen molar-refractivity contribution in [3.8, 4) is 11.5 Å². The van der Waals surface area contributed by atoms with Crippen LogP contribution in [-0.2, 0) is 11.3 Å². The van der Waals surface area contributed by atoms with Gasteiger partial charge in [0, 0.05) is 6.54 Å². The van der Waals surface area contributed by atoms with E-state index in [4.69, 9.17) is 10.2 Å². The van der Waals surface area contributed by atoms with E-state index < -0.39 is 5.97 Å². The average molecular weight is 211 g/mol. The lowest BCUT2D eigenvalue weighted by Gasteiger charge is -2.14. The molecular formula is C10H13NO4. The molecule has 0 bridgehead atoms. The van der Waals surface area contributed by atoms with E-state index in [-0.39, 0.29) is 18.0 Å². The molecular weight excluding hydrogens is 198 g/mol. The van der Waals surface area contributed by atoms with Gasteiger partial charge in [-0.15, -0.1) is 0 Å². The van der Waals surface area contributed by atoms with E-state index in [1.54, 1.807) is 18.0 Å². The molecule has 0 aliphatic carbocycles. The van der Waals surface area contributed by atoms with Gasteiger partial charge >= 0.3 is 5.97 Å². The van der Waals surface area contributed by atoms with E-state index in [1.807, 2.05) is 0 Å². The molecule has 1 rings (SSSR count). The summed E-state index contributed by atoms with van der Waals surface area (Å²) in [5.41, 5.74) is 0.744. The van der Waals surface area contributed by atoms with Crippen molar-refractivity contribution in [2.75, 3.05) is 13.6 Å². The molecule has 0 radical (unpaired) electrons. The molecule has 0 aliphatic heterocycles. The Morgan fingerprint density at radius 2 is 2.00 bits per heavy atom. The minimum atomic E-state index is -0.902. The molecule has 1 aromatic carbocycles. The topological polar surface area (TPSA) is 81.0 Å². The van der Waals surface area contributed by atoms with E-state index in [0.29, 0.717) is 6.54 Å². The Labute approximate surface area is 87.2 Å². The first kappa shape index (κ1) is 11.3. The molecule has 0 heterocycles. The van der Waals surface area contributed by atoms with Crippen molar-refractivity contribution in [1.29, 1.82) is 0 Å². The molecule has 0 atom stereocenters. The van der Waals surface area contributed by atoms with Gasteiger partial charge in [-0.05, 0) is 24.7 Å². The van der Waals surface area contributed by atoms with Gasteiger partial charge in [0.05, 0.1) is 6.54 Å². The zero-order chi connectivity index (χ0) is 11.4. The standard InChI is InChI=1S/C10H13NO4/c1-11(6-10(14)15)5-7-2-3-8(12)9(13)4-7/h2-4,12-13H,5-6H2,1H3,(H,14,15). The van der Waals surface area contributed by atoms with Crippen LogP contribution in [0.15, 0.2) is 18.2 Å². The van der Waals surface area contributed by atoms with Crippen LogP contribution in [0.1, 0.15) is 5.56 Å². The van der Waals surface area contributed by atoms with Gasteiger partial charge in [-0.2, -0.15) is 0 Å². The number of hydrogen-bond donors (Lipinski definition) is 3. The molecule has 0 saturated carbocycles. The predicted octanol–water partition coefficient (Wildman–Crippen LogP) is 0.614. The minimum Gasteiger partial charge on any atom is -0.504 e. The van der Waals surface area contributed by atoms with Crippen molar-refractivity contribution in [3.63, 3.8) is 0 Å². The smallest absolute Gasteiger partial charge is 0.317 e. The summed E-state index contributed by atoms with van der Waals surface area (Å²) in [6, 6.07) is 4.42. The Hall–Kier alpha value is -1.75. The monoisotopic (exact) mass is 211 g/mol. The second-order valence-electron chi connectivity index (χ2n) is 3.39. The summed E-state index contributed by atoms with van der Waals surface area (Å²) >= 11 is 0. The molecule has 0 aromatic heterocycles. The van der Waals surface area contributed by atoms with E-state index in [0.717, 1.165) is 5.56 Å². The number of aromatic hydroxyl groups is 2. The Balaban J connectivity index is 2.64. The largest absolute Gasteiger partial charge is 0.504 e. The van der Waals surface area contributed by atoms with Crippen LogP contribution in [-0.4, -0.2) is 39.8 Å². The van der Waals surface area contributed by atoms with Gasteiger partial charge in [0.1, 0.15) is 0 Å². The highest BCUT2D eigenvalue weighted by molar-refractivity contribution is 5.69. The summed E-state index contributed by atoms with van der Waals surface area (Å²) in [6.07, 6.45) is 0. The molecule has 0 spiro atoms. The zero-order valence-electron chi connectivity index (χ0n) is 8.34. The Morgan fingerprint density at radius 1 is 1.33 bits per heavy atom. The molecule has 82 valence electrons. The summed E-state index contributed by atoms with van der Waals surface area (Å²) in [5, 5.41) is 26.8. The normalized spacial score (nSPS) is 10.5. The molecule has 0 saturated heterocycles. The number of carboxylic acids is 1. The molecule has 5 nitrogen and oxygen atoms in total. The first-order chi connectivity index (χ1) is 6.99. The highest BCUT2D eigenvalue weighted by atomic mass is 16.4. The summed E-state index contributed by atoms with van der Waals surface area (Å²) < 4.78 is 0. The van der Waals surface area contributed by atoms with Gasteiger partial charge < -0.3 is 15.3 Å². The number of phenolic OH excluding ortho intramolecular Hbond substituents is 2. The SMILES string of the molecule is CN(CC(=O)O)Cc1ccc(O)c(O)c1. The highest BCUT2D eigenvalue weighted by Gasteiger charge is 2.06. The lowest BCUT2D eigenvalue weighted by molar-refractivity contribution is -0.138. The van der Waals surface area contributed by atoms with E-state index in [2.05, 4.69) is 0 Å². The zero-order valence-corrected chi connectivity index (χ0v) is 8.34. The Morgan fingerprint density at radius 3 is 2.53 bits per heavy atom. The second-order valence-corrected chi connectivity index (χ2v) is 3.39. The number of aliphatic carboxylic acids is 1. The summed E-state index contributed by atoms with van der Waals surface area (Å²) in [5.74, 6) is -1.28. The fraction of sp³-hybridized carbons (Fsp3) is 0.300. The van der Waals surface area contributed by atoms with E-state index in [1.165, 1.54) is 12.1 Å². The van der Waals surface area contributed by atoms with Crippen LogP contribution in [0, 0.1) is 0 Å². The third-order valence-electron chi connectivity index (χ3n) is 1.90.